The number of carbonyl (C=O) groups is 2. The smallest absolute Gasteiger partial charge is 0.277 e. The molecule has 0 aliphatic carbocycles. The second-order valence-corrected chi connectivity index (χ2v) is 8.36. The van der Waals surface area contributed by atoms with Gasteiger partial charge in [0.1, 0.15) is 11.4 Å². The maximum Gasteiger partial charge on any atom is 0.277 e. The van der Waals surface area contributed by atoms with Gasteiger partial charge in [0.2, 0.25) is 0 Å². The van der Waals surface area contributed by atoms with E-state index in [0.717, 1.165) is 50.3 Å². The van der Waals surface area contributed by atoms with Crippen molar-refractivity contribution in [1.82, 2.24) is 14.7 Å². The Kier molecular flexibility index (Phi) is 6.39. The van der Waals surface area contributed by atoms with Gasteiger partial charge >= 0.3 is 0 Å². The Morgan fingerprint density at radius 1 is 1.03 bits per heavy atom. The van der Waals surface area contributed by atoms with Crippen molar-refractivity contribution in [1.29, 1.82) is 0 Å². The van der Waals surface area contributed by atoms with Crippen molar-refractivity contribution in [2.24, 2.45) is 5.92 Å². The first-order valence-corrected chi connectivity index (χ1v) is 10.9. The number of carbonyl (C=O) groups excluding carboxylic acids is 2. The zero-order chi connectivity index (χ0) is 21.1. The van der Waals surface area contributed by atoms with Crippen molar-refractivity contribution in [3.8, 4) is 5.75 Å². The highest BCUT2D eigenvalue weighted by atomic mass is 16.5. The molecule has 1 aromatic carbocycles. The van der Waals surface area contributed by atoms with Gasteiger partial charge in [-0.3, -0.25) is 19.4 Å². The Morgan fingerprint density at radius 2 is 1.77 bits per heavy atom. The van der Waals surface area contributed by atoms with Gasteiger partial charge in [-0.2, -0.15) is 0 Å². The van der Waals surface area contributed by atoms with E-state index in [1.165, 1.54) is 4.90 Å². The monoisotopic (exact) mass is 413 g/mol. The number of imide groups is 1. The second kappa shape index (κ2) is 9.18. The summed E-state index contributed by atoms with van der Waals surface area (Å²) in [6.07, 6.45) is 2.19. The number of amides is 2. The van der Waals surface area contributed by atoms with Gasteiger partial charge in [0, 0.05) is 39.3 Å². The molecule has 3 heterocycles. The molecule has 0 radical (unpaired) electrons. The maximum atomic E-state index is 13.4. The first-order valence-electron chi connectivity index (χ1n) is 10.9. The van der Waals surface area contributed by atoms with E-state index in [4.69, 9.17) is 9.47 Å². The summed E-state index contributed by atoms with van der Waals surface area (Å²) in [4.78, 5) is 32.7. The minimum absolute atomic E-state index is 0.159. The fourth-order valence-electron chi connectivity index (χ4n) is 4.54. The molecule has 1 unspecified atom stereocenters. The van der Waals surface area contributed by atoms with Crippen LogP contribution in [0.1, 0.15) is 25.3 Å². The molecule has 162 valence electrons. The lowest BCUT2D eigenvalue weighted by molar-refractivity contribution is -0.138. The van der Waals surface area contributed by atoms with E-state index in [2.05, 4.69) is 16.7 Å². The average molecular weight is 414 g/mol. The molecule has 0 aromatic heterocycles. The lowest BCUT2D eigenvalue weighted by Crippen LogP contribution is -2.44. The Morgan fingerprint density at radius 3 is 2.43 bits per heavy atom. The van der Waals surface area contributed by atoms with Gasteiger partial charge in [-0.05, 0) is 36.5 Å². The van der Waals surface area contributed by atoms with Gasteiger partial charge in [-0.15, -0.1) is 0 Å². The van der Waals surface area contributed by atoms with Crippen LogP contribution in [-0.4, -0.2) is 86.1 Å². The van der Waals surface area contributed by atoms with Crippen LogP contribution in [0.2, 0.25) is 0 Å². The molecule has 2 amide bonds. The maximum absolute atomic E-state index is 13.4. The number of likely N-dealkylation sites (tertiary alicyclic amines) is 1. The minimum atomic E-state index is -0.188. The van der Waals surface area contributed by atoms with Gasteiger partial charge in [0.15, 0.2) is 0 Å². The highest BCUT2D eigenvalue weighted by molar-refractivity contribution is 6.35. The van der Waals surface area contributed by atoms with Crippen LogP contribution in [0.4, 0.5) is 0 Å². The van der Waals surface area contributed by atoms with Crippen LogP contribution in [0.15, 0.2) is 30.0 Å². The van der Waals surface area contributed by atoms with Gasteiger partial charge in [0.25, 0.3) is 11.8 Å². The van der Waals surface area contributed by atoms with Crippen molar-refractivity contribution in [3.05, 3.63) is 35.5 Å². The van der Waals surface area contributed by atoms with E-state index in [9.17, 15) is 9.59 Å². The minimum Gasteiger partial charge on any atom is -0.497 e. The number of nitrogens with zero attached hydrogens (tertiary/aromatic N) is 3. The molecule has 0 saturated carbocycles. The van der Waals surface area contributed by atoms with Crippen molar-refractivity contribution < 1.29 is 19.1 Å². The largest absolute Gasteiger partial charge is 0.497 e. The predicted octanol–water partition coefficient (Wildman–Crippen LogP) is 1.84. The molecule has 1 atom stereocenters. The first-order chi connectivity index (χ1) is 14.6. The molecule has 3 aliphatic heterocycles. The van der Waals surface area contributed by atoms with Crippen LogP contribution in [0.3, 0.4) is 0 Å². The van der Waals surface area contributed by atoms with E-state index >= 15 is 0 Å². The molecule has 2 fully saturated rings. The number of benzene rings is 1. The third-order valence-electron chi connectivity index (χ3n) is 6.24. The summed E-state index contributed by atoms with van der Waals surface area (Å²) < 4.78 is 10.7. The fourth-order valence-corrected chi connectivity index (χ4v) is 4.54. The van der Waals surface area contributed by atoms with Crippen molar-refractivity contribution in [3.63, 3.8) is 0 Å². The summed E-state index contributed by atoms with van der Waals surface area (Å²) in [5, 5.41) is 0. The zero-order valence-corrected chi connectivity index (χ0v) is 17.9. The van der Waals surface area contributed by atoms with Crippen LogP contribution in [0.5, 0.6) is 5.75 Å². The topological polar surface area (TPSA) is 62.3 Å². The quantitative estimate of drug-likeness (QED) is 0.664. The fraction of sp³-hybridized carbons (Fsp3) is 0.565. The van der Waals surface area contributed by atoms with E-state index in [-0.39, 0.29) is 11.8 Å². The molecule has 0 bridgehead atoms. The van der Waals surface area contributed by atoms with Gasteiger partial charge < -0.3 is 14.4 Å². The van der Waals surface area contributed by atoms with Crippen LogP contribution < -0.4 is 4.74 Å². The Labute approximate surface area is 178 Å². The molecule has 3 aliphatic rings. The summed E-state index contributed by atoms with van der Waals surface area (Å²) in [5.74, 6) is 0.891. The average Bonchev–Trinajstić information content (AvgIpc) is 3.02. The number of ether oxygens (including phenoxy) is 2. The van der Waals surface area contributed by atoms with Gasteiger partial charge in [0.05, 0.1) is 25.9 Å². The van der Waals surface area contributed by atoms with E-state index in [1.54, 1.807) is 7.11 Å². The molecule has 7 heteroatoms. The second-order valence-electron chi connectivity index (χ2n) is 8.36. The summed E-state index contributed by atoms with van der Waals surface area (Å²) in [5.41, 5.74) is 1.87. The third-order valence-corrected chi connectivity index (χ3v) is 6.24. The third kappa shape index (κ3) is 4.23. The molecular weight excluding hydrogens is 382 g/mol. The van der Waals surface area contributed by atoms with Gasteiger partial charge in [-0.25, -0.2) is 0 Å². The van der Waals surface area contributed by atoms with Crippen LogP contribution >= 0.6 is 0 Å². The van der Waals surface area contributed by atoms with E-state index in [0.29, 0.717) is 43.5 Å². The lowest BCUT2D eigenvalue weighted by Gasteiger charge is -2.33. The molecule has 1 aromatic rings. The number of hydrogen-bond donors (Lipinski definition) is 0. The lowest BCUT2D eigenvalue weighted by atomic mass is 9.98. The Balaban J connectivity index is 1.61. The molecular formula is C23H31N3O4. The van der Waals surface area contributed by atoms with E-state index < -0.39 is 0 Å². The molecule has 0 N–H and O–H groups in total. The number of hydrogen-bond acceptors (Lipinski definition) is 6. The SMILES string of the molecule is COc1ccc(C2=C(N3CCCC(C)C3)C(=O)N(CCN3CCOCC3)C2=O)cc1. The van der Waals surface area contributed by atoms with Crippen LogP contribution in [0.25, 0.3) is 5.57 Å². The number of piperidine rings is 1. The van der Waals surface area contributed by atoms with E-state index in [1.807, 2.05) is 24.3 Å². The Hall–Kier alpha value is -2.38. The number of rotatable bonds is 6. The summed E-state index contributed by atoms with van der Waals surface area (Å²) >= 11 is 0. The molecule has 0 spiro atoms. The van der Waals surface area contributed by atoms with Crippen LogP contribution in [0, 0.1) is 5.92 Å². The van der Waals surface area contributed by atoms with Crippen LogP contribution in [-0.2, 0) is 14.3 Å². The van der Waals surface area contributed by atoms with Gasteiger partial charge in [-0.1, -0.05) is 19.1 Å². The summed E-state index contributed by atoms with van der Waals surface area (Å²) in [6.45, 7) is 8.00. The predicted molar refractivity (Wildman–Crippen MR) is 114 cm³/mol. The Bertz CT molecular complexity index is 814. The summed E-state index contributed by atoms with van der Waals surface area (Å²) in [6, 6.07) is 7.43. The summed E-state index contributed by atoms with van der Waals surface area (Å²) in [7, 11) is 1.62. The van der Waals surface area contributed by atoms with Crippen molar-refractivity contribution in [2.75, 3.05) is 59.6 Å². The first kappa shape index (κ1) is 20.9. The highest BCUT2D eigenvalue weighted by Gasteiger charge is 2.42. The molecule has 4 rings (SSSR count). The normalized spacial score (nSPS) is 23.5. The number of morpholine rings is 1. The highest BCUT2D eigenvalue weighted by Crippen LogP contribution is 2.34. The number of methoxy groups -OCH3 is 1. The van der Waals surface area contributed by atoms with Crippen molar-refractivity contribution in [2.45, 2.75) is 19.8 Å². The molecule has 2 saturated heterocycles. The van der Waals surface area contributed by atoms with Crippen molar-refractivity contribution >= 4 is 17.4 Å². The zero-order valence-electron chi connectivity index (χ0n) is 17.9. The molecule has 30 heavy (non-hydrogen) atoms. The standard InChI is InChI=1S/C23H31N3O4/c1-17-4-3-9-25(16-17)21-20(18-5-7-19(29-2)8-6-18)22(27)26(23(21)28)11-10-24-12-14-30-15-13-24/h5-8,17H,3-4,9-16H2,1-2H3. The molecule has 7 nitrogen and oxygen atoms in total.